The zero-order valence-corrected chi connectivity index (χ0v) is 12.6. The third-order valence-electron chi connectivity index (χ3n) is 3.56. The zero-order valence-electron chi connectivity index (χ0n) is 12.6. The summed E-state index contributed by atoms with van der Waals surface area (Å²) < 4.78 is 0. The fraction of sp³-hybridized carbons (Fsp3) is 0.294. The van der Waals surface area contributed by atoms with Gasteiger partial charge in [-0.1, -0.05) is 25.1 Å². The van der Waals surface area contributed by atoms with E-state index in [2.05, 4.69) is 10.3 Å². The molecule has 2 rings (SSSR count). The van der Waals surface area contributed by atoms with Gasteiger partial charge in [0.05, 0.1) is 0 Å². The van der Waals surface area contributed by atoms with E-state index in [4.69, 9.17) is 0 Å². The molecule has 21 heavy (non-hydrogen) atoms. The summed E-state index contributed by atoms with van der Waals surface area (Å²) in [6, 6.07) is 9.36. The van der Waals surface area contributed by atoms with E-state index in [1.807, 2.05) is 45.0 Å². The highest BCUT2D eigenvalue weighted by Crippen LogP contribution is 2.09. The minimum atomic E-state index is -0.157. The quantitative estimate of drug-likeness (QED) is 0.906. The average Bonchev–Trinajstić information content (AvgIpc) is 2.45. The Morgan fingerprint density at radius 1 is 1.24 bits per heavy atom. The molecule has 2 aromatic rings. The highest BCUT2D eigenvalue weighted by molar-refractivity contribution is 5.95. The van der Waals surface area contributed by atoms with Gasteiger partial charge in [0.25, 0.3) is 11.5 Å². The van der Waals surface area contributed by atoms with Crippen LogP contribution in [0.25, 0.3) is 0 Å². The number of benzene rings is 1. The van der Waals surface area contributed by atoms with Crippen molar-refractivity contribution >= 4 is 5.91 Å². The van der Waals surface area contributed by atoms with E-state index in [1.54, 1.807) is 6.07 Å². The lowest BCUT2D eigenvalue weighted by Crippen LogP contribution is -2.28. The molecule has 0 saturated carbocycles. The van der Waals surface area contributed by atoms with Crippen LogP contribution in [-0.4, -0.2) is 10.9 Å². The standard InChI is InChI=1S/C17H20N2O2/c1-4-13-9-12(3)19-17(21)15(13)10-18-16(20)14-8-6-5-7-11(14)2/h5-9H,4,10H2,1-3H3,(H,18,20)(H,19,21). The molecule has 0 radical (unpaired) electrons. The number of carbonyl (C=O) groups is 1. The summed E-state index contributed by atoms with van der Waals surface area (Å²) in [6.07, 6.45) is 0.764. The Morgan fingerprint density at radius 2 is 1.95 bits per heavy atom. The van der Waals surface area contributed by atoms with E-state index >= 15 is 0 Å². The summed E-state index contributed by atoms with van der Waals surface area (Å²) in [5.41, 5.74) is 3.87. The van der Waals surface area contributed by atoms with Gasteiger partial charge in [-0.2, -0.15) is 0 Å². The number of aromatic nitrogens is 1. The molecule has 110 valence electrons. The topological polar surface area (TPSA) is 62.0 Å². The molecule has 0 bridgehead atoms. The molecular weight excluding hydrogens is 264 g/mol. The maximum Gasteiger partial charge on any atom is 0.253 e. The molecule has 0 spiro atoms. The van der Waals surface area contributed by atoms with Gasteiger partial charge in [0.1, 0.15) is 0 Å². The number of hydrogen-bond donors (Lipinski definition) is 2. The first-order valence-corrected chi connectivity index (χ1v) is 7.08. The van der Waals surface area contributed by atoms with Crippen LogP contribution in [0.1, 0.15) is 39.7 Å². The Kier molecular flexibility index (Phi) is 4.58. The SMILES string of the molecule is CCc1cc(C)[nH]c(=O)c1CNC(=O)c1ccccc1C. The van der Waals surface area contributed by atoms with E-state index in [9.17, 15) is 9.59 Å². The van der Waals surface area contributed by atoms with Crippen molar-refractivity contribution in [3.8, 4) is 0 Å². The van der Waals surface area contributed by atoms with Gasteiger partial charge in [0.2, 0.25) is 0 Å². The number of hydrogen-bond acceptors (Lipinski definition) is 2. The molecule has 0 aliphatic carbocycles. The van der Waals surface area contributed by atoms with Gasteiger partial charge in [-0.25, -0.2) is 0 Å². The summed E-state index contributed by atoms with van der Waals surface area (Å²) in [5.74, 6) is -0.157. The Balaban J connectivity index is 2.19. The molecule has 1 amide bonds. The number of nitrogens with one attached hydrogen (secondary N) is 2. The lowest BCUT2D eigenvalue weighted by Gasteiger charge is -2.10. The van der Waals surface area contributed by atoms with Crippen LogP contribution in [0, 0.1) is 13.8 Å². The van der Waals surface area contributed by atoms with E-state index < -0.39 is 0 Å². The van der Waals surface area contributed by atoms with Crippen LogP contribution >= 0.6 is 0 Å². The second-order valence-corrected chi connectivity index (χ2v) is 5.14. The number of pyridine rings is 1. The van der Waals surface area contributed by atoms with Crippen molar-refractivity contribution in [2.75, 3.05) is 0 Å². The largest absolute Gasteiger partial charge is 0.348 e. The first-order chi connectivity index (χ1) is 10.0. The molecule has 0 aliphatic heterocycles. The summed E-state index contributed by atoms with van der Waals surface area (Å²) in [4.78, 5) is 27.0. The first kappa shape index (κ1) is 15.0. The van der Waals surface area contributed by atoms with Crippen LogP contribution in [0.2, 0.25) is 0 Å². The molecule has 1 aromatic carbocycles. The monoisotopic (exact) mass is 284 g/mol. The second kappa shape index (κ2) is 6.39. The van der Waals surface area contributed by atoms with Crippen molar-refractivity contribution < 1.29 is 4.79 Å². The van der Waals surface area contributed by atoms with E-state index in [0.717, 1.165) is 23.2 Å². The Bertz CT molecular complexity index is 717. The van der Waals surface area contributed by atoms with Crippen molar-refractivity contribution in [1.82, 2.24) is 10.3 Å². The molecule has 0 atom stereocenters. The Labute approximate surface area is 124 Å². The predicted octanol–water partition coefficient (Wildman–Crippen LogP) is 2.48. The summed E-state index contributed by atoms with van der Waals surface area (Å²) in [5, 5.41) is 2.83. The molecule has 2 N–H and O–H groups in total. The molecule has 0 saturated heterocycles. The van der Waals surface area contributed by atoms with Crippen LogP contribution in [0.15, 0.2) is 35.1 Å². The fourth-order valence-corrected chi connectivity index (χ4v) is 2.39. The number of aryl methyl sites for hydroxylation is 3. The fourth-order valence-electron chi connectivity index (χ4n) is 2.39. The van der Waals surface area contributed by atoms with E-state index in [0.29, 0.717) is 11.1 Å². The highest BCUT2D eigenvalue weighted by Gasteiger charge is 2.11. The maximum atomic E-state index is 12.2. The number of H-pyrrole nitrogens is 1. The third kappa shape index (κ3) is 3.40. The summed E-state index contributed by atoms with van der Waals surface area (Å²) in [7, 11) is 0. The van der Waals surface area contributed by atoms with Crippen molar-refractivity contribution in [1.29, 1.82) is 0 Å². The minimum absolute atomic E-state index is 0.128. The maximum absolute atomic E-state index is 12.2. The van der Waals surface area contributed by atoms with Gasteiger partial charge in [-0.15, -0.1) is 0 Å². The number of amides is 1. The number of carbonyl (C=O) groups excluding carboxylic acids is 1. The first-order valence-electron chi connectivity index (χ1n) is 7.08. The lowest BCUT2D eigenvalue weighted by atomic mass is 10.1. The van der Waals surface area contributed by atoms with Crippen LogP contribution in [0.3, 0.4) is 0 Å². The lowest BCUT2D eigenvalue weighted by molar-refractivity contribution is 0.0950. The predicted molar refractivity (Wildman–Crippen MR) is 83.5 cm³/mol. The normalized spacial score (nSPS) is 10.4. The molecule has 4 nitrogen and oxygen atoms in total. The molecular formula is C17H20N2O2. The number of rotatable bonds is 4. The van der Waals surface area contributed by atoms with Crippen LogP contribution in [0.5, 0.6) is 0 Å². The van der Waals surface area contributed by atoms with Gasteiger partial charge in [0.15, 0.2) is 0 Å². The molecule has 0 unspecified atom stereocenters. The molecule has 0 fully saturated rings. The number of aromatic amines is 1. The van der Waals surface area contributed by atoms with E-state index in [1.165, 1.54) is 0 Å². The van der Waals surface area contributed by atoms with Gasteiger partial charge >= 0.3 is 0 Å². The van der Waals surface area contributed by atoms with Crippen molar-refractivity contribution in [3.63, 3.8) is 0 Å². The summed E-state index contributed by atoms with van der Waals surface area (Å²) >= 11 is 0. The van der Waals surface area contributed by atoms with Gasteiger partial charge in [-0.3, -0.25) is 9.59 Å². The van der Waals surface area contributed by atoms with Crippen molar-refractivity contribution in [2.45, 2.75) is 33.7 Å². The third-order valence-corrected chi connectivity index (χ3v) is 3.56. The van der Waals surface area contributed by atoms with Gasteiger partial charge in [0, 0.05) is 23.4 Å². The van der Waals surface area contributed by atoms with Gasteiger partial charge in [-0.05, 0) is 43.5 Å². The van der Waals surface area contributed by atoms with Crippen molar-refractivity contribution in [3.05, 3.63) is 68.6 Å². The molecule has 4 heteroatoms. The van der Waals surface area contributed by atoms with Crippen LogP contribution in [-0.2, 0) is 13.0 Å². The van der Waals surface area contributed by atoms with Crippen LogP contribution < -0.4 is 10.9 Å². The van der Waals surface area contributed by atoms with E-state index in [-0.39, 0.29) is 18.0 Å². The average molecular weight is 284 g/mol. The minimum Gasteiger partial charge on any atom is -0.348 e. The van der Waals surface area contributed by atoms with Crippen molar-refractivity contribution in [2.24, 2.45) is 0 Å². The van der Waals surface area contributed by atoms with Crippen LogP contribution in [0.4, 0.5) is 0 Å². The van der Waals surface area contributed by atoms with Gasteiger partial charge < -0.3 is 10.3 Å². The smallest absolute Gasteiger partial charge is 0.253 e. The summed E-state index contributed by atoms with van der Waals surface area (Å²) in [6.45, 7) is 5.99. The highest BCUT2D eigenvalue weighted by atomic mass is 16.1. The Morgan fingerprint density at radius 3 is 2.62 bits per heavy atom. The zero-order chi connectivity index (χ0) is 15.4. The molecule has 0 aliphatic rings. The molecule has 1 heterocycles. The second-order valence-electron chi connectivity index (χ2n) is 5.14. The molecule has 1 aromatic heterocycles. The Hall–Kier alpha value is -2.36.